The molecule has 6 heteroatoms. The van der Waals surface area contributed by atoms with Gasteiger partial charge in [-0.05, 0) is 31.4 Å². The van der Waals surface area contributed by atoms with Gasteiger partial charge in [0.25, 0.3) is 5.56 Å². The van der Waals surface area contributed by atoms with Crippen LogP contribution in [0.1, 0.15) is 18.4 Å². The minimum absolute atomic E-state index is 0.00701. The first-order valence-corrected chi connectivity index (χ1v) is 7.72. The lowest BCUT2D eigenvalue weighted by atomic mass is 9.99. The number of hydrogen-bond acceptors (Lipinski definition) is 4. The number of hydrogen-bond donors (Lipinski definition) is 0. The number of amides is 1. The number of carbonyl (C=O) groups excluding carboxylic acids is 1. The summed E-state index contributed by atoms with van der Waals surface area (Å²) in [7, 11) is 0. The van der Waals surface area contributed by atoms with Crippen LogP contribution in [0.25, 0.3) is 10.9 Å². The number of nitrogens with zero attached hydrogens (tertiary/aromatic N) is 4. The number of likely N-dealkylation sites (tertiary alicyclic amines) is 1. The molecule has 0 radical (unpaired) electrons. The third kappa shape index (κ3) is 2.95. The molecule has 1 fully saturated rings. The first-order valence-electron chi connectivity index (χ1n) is 7.72. The van der Waals surface area contributed by atoms with Gasteiger partial charge in [-0.3, -0.25) is 14.2 Å². The molecule has 23 heavy (non-hydrogen) atoms. The number of benzene rings is 1. The Balaban J connectivity index is 1.80. The second-order valence-corrected chi connectivity index (χ2v) is 5.93. The average Bonchev–Trinajstić information content (AvgIpc) is 2.58. The summed E-state index contributed by atoms with van der Waals surface area (Å²) in [5, 5.41) is 9.43. The molecule has 118 valence electrons. The van der Waals surface area contributed by atoms with Gasteiger partial charge < -0.3 is 4.90 Å². The normalized spacial score (nSPS) is 15.6. The summed E-state index contributed by atoms with van der Waals surface area (Å²) in [5.74, 6) is -0.0654. The molecular weight excluding hydrogens is 292 g/mol. The molecule has 6 nitrogen and oxygen atoms in total. The van der Waals surface area contributed by atoms with Crippen molar-refractivity contribution >= 4 is 16.8 Å². The van der Waals surface area contributed by atoms with E-state index in [1.807, 2.05) is 19.1 Å². The zero-order valence-electron chi connectivity index (χ0n) is 13.0. The smallest absolute Gasteiger partial charge is 0.261 e. The van der Waals surface area contributed by atoms with Gasteiger partial charge in [0.1, 0.15) is 6.54 Å². The van der Waals surface area contributed by atoms with Crippen molar-refractivity contribution in [3.05, 3.63) is 40.4 Å². The Morgan fingerprint density at radius 3 is 2.83 bits per heavy atom. The summed E-state index contributed by atoms with van der Waals surface area (Å²) in [6.07, 6.45) is 2.84. The van der Waals surface area contributed by atoms with Gasteiger partial charge in [-0.25, -0.2) is 4.98 Å². The van der Waals surface area contributed by atoms with Crippen LogP contribution in [0.2, 0.25) is 0 Å². The van der Waals surface area contributed by atoms with Gasteiger partial charge in [-0.2, -0.15) is 5.26 Å². The Morgan fingerprint density at radius 1 is 1.39 bits per heavy atom. The molecule has 1 saturated heterocycles. The summed E-state index contributed by atoms with van der Waals surface area (Å²) in [6.45, 7) is 3.05. The summed E-state index contributed by atoms with van der Waals surface area (Å²) in [5.41, 5.74) is 1.42. The average molecular weight is 310 g/mol. The van der Waals surface area contributed by atoms with Crippen molar-refractivity contribution in [1.82, 2.24) is 14.5 Å². The van der Waals surface area contributed by atoms with Gasteiger partial charge in [0.2, 0.25) is 5.91 Å². The number of aromatic nitrogens is 2. The molecule has 0 bridgehead atoms. The maximum Gasteiger partial charge on any atom is 0.261 e. The van der Waals surface area contributed by atoms with Crippen LogP contribution in [0.3, 0.4) is 0 Å². The molecule has 0 aliphatic carbocycles. The van der Waals surface area contributed by atoms with E-state index in [1.165, 1.54) is 10.9 Å². The predicted molar refractivity (Wildman–Crippen MR) is 85.7 cm³/mol. The fourth-order valence-electron chi connectivity index (χ4n) is 2.95. The van der Waals surface area contributed by atoms with E-state index in [9.17, 15) is 9.59 Å². The SMILES string of the molecule is Cc1cccc2c(=O)n(CC(=O)N3CCC(C#N)CC3)cnc12. The Labute approximate surface area is 134 Å². The van der Waals surface area contributed by atoms with Crippen LogP contribution in [0.15, 0.2) is 29.3 Å². The minimum atomic E-state index is -0.195. The van der Waals surface area contributed by atoms with Crippen LogP contribution in [-0.2, 0) is 11.3 Å². The molecule has 1 aliphatic heterocycles. The van der Waals surface area contributed by atoms with Crippen molar-refractivity contribution in [2.45, 2.75) is 26.3 Å². The van der Waals surface area contributed by atoms with E-state index in [-0.39, 0.29) is 23.9 Å². The molecule has 1 aliphatic rings. The fraction of sp³-hybridized carbons (Fsp3) is 0.412. The van der Waals surface area contributed by atoms with Crippen LogP contribution in [0.4, 0.5) is 0 Å². The second kappa shape index (κ2) is 6.21. The summed E-state index contributed by atoms with van der Waals surface area (Å²) < 4.78 is 1.36. The monoisotopic (exact) mass is 310 g/mol. The molecule has 0 spiro atoms. The van der Waals surface area contributed by atoms with Gasteiger partial charge in [-0.1, -0.05) is 12.1 Å². The van der Waals surface area contributed by atoms with Gasteiger partial charge in [0.05, 0.1) is 23.3 Å². The Hall–Kier alpha value is -2.68. The predicted octanol–water partition coefficient (Wildman–Crippen LogP) is 1.47. The van der Waals surface area contributed by atoms with Gasteiger partial charge in [-0.15, -0.1) is 0 Å². The first kappa shape index (κ1) is 15.2. The molecule has 0 saturated carbocycles. The molecular formula is C17H18N4O2. The van der Waals surface area contributed by atoms with Crippen LogP contribution in [0.5, 0.6) is 0 Å². The second-order valence-electron chi connectivity index (χ2n) is 5.93. The number of fused-ring (bicyclic) bond motifs is 1. The van der Waals surface area contributed by atoms with Crippen molar-refractivity contribution in [3.8, 4) is 6.07 Å². The zero-order valence-corrected chi connectivity index (χ0v) is 13.0. The molecule has 1 aromatic carbocycles. The Bertz CT molecular complexity index is 842. The third-order valence-electron chi connectivity index (χ3n) is 4.39. The summed E-state index contributed by atoms with van der Waals surface area (Å²) in [6, 6.07) is 7.70. The fourth-order valence-corrected chi connectivity index (χ4v) is 2.95. The van der Waals surface area contributed by atoms with Crippen LogP contribution < -0.4 is 5.56 Å². The van der Waals surface area contributed by atoms with Gasteiger partial charge >= 0.3 is 0 Å². The lowest BCUT2D eigenvalue weighted by molar-refractivity contribution is -0.133. The first-order chi connectivity index (χ1) is 11.1. The topological polar surface area (TPSA) is 79.0 Å². The lowest BCUT2D eigenvalue weighted by Crippen LogP contribution is -2.41. The van der Waals surface area contributed by atoms with E-state index in [2.05, 4.69) is 11.1 Å². The molecule has 1 amide bonds. The molecule has 2 heterocycles. The third-order valence-corrected chi connectivity index (χ3v) is 4.39. The molecule has 1 aromatic heterocycles. The number of carbonyl (C=O) groups is 1. The van der Waals surface area contributed by atoms with Crippen LogP contribution >= 0.6 is 0 Å². The molecule has 0 atom stereocenters. The highest BCUT2D eigenvalue weighted by atomic mass is 16.2. The van der Waals surface area contributed by atoms with Crippen LogP contribution in [-0.4, -0.2) is 33.4 Å². The van der Waals surface area contributed by atoms with E-state index in [4.69, 9.17) is 5.26 Å². The number of para-hydroxylation sites is 1. The minimum Gasteiger partial charge on any atom is -0.341 e. The maximum absolute atomic E-state index is 12.5. The highest BCUT2D eigenvalue weighted by molar-refractivity contribution is 5.81. The summed E-state index contributed by atoms with van der Waals surface area (Å²) >= 11 is 0. The molecule has 3 rings (SSSR count). The Kier molecular flexibility index (Phi) is 4.11. The Morgan fingerprint density at radius 2 is 2.13 bits per heavy atom. The van der Waals surface area contributed by atoms with E-state index < -0.39 is 0 Å². The van der Waals surface area contributed by atoms with Crippen LogP contribution in [0, 0.1) is 24.2 Å². The van der Waals surface area contributed by atoms with E-state index in [1.54, 1.807) is 11.0 Å². The van der Waals surface area contributed by atoms with E-state index >= 15 is 0 Å². The van der Waals surface area contributed by atoms with E-state index in [0.29, 0.717) is 36.8 Å². The number of rotatable bonds is 2. The molecule has 0 N–H and O–H groups in total. The lowest BCUT2D eigenvalue weighted by Gasteiger charge is -2.29. The van der Waals surface area contributed by atoms with Crippen molar-refractivity contribution in [2.24, 2.45) is 5.92 Å². The van der Waals surface area contributed by atoms with Crippen molar-refractivity contribution in [2.75, 3.05) is 13.1 Å². The van der Waals surface area contributed by atoms with Crippen molar-refractivity contribution in [1.29, 1.82) is 5.26 Å². The molecule has 0 unspecified atom stereocenters. The largest absolute Gasteiger partial charge is 0.341 e. The summed E-state index contributed by atoms with van der Waals surface area (Å²) in [4.78, 5) is 30.9. The van der Waals surface area contributed by atoms with Gasteiger partial charge in [0, 0.05) is 19.0 Å². The van der Waals surface area contributed by atoms with Gasteiger partial charge in [0.15, 0.2) is 0 Å². The quantitative estimate of drug-likeness (QED) is 0.841. The highest BCUT2D eigenvalue weighted by Gasteiger charge is 2.23. The molecule has 2 aromatic rings. The van der Waals surface area contributed by atoms with E-state index in [0.717, 1.165) is 5.56 Å². The number of piperidine rings is 1. The van der Waals surface area contributed by atoms with Crippen molar-refractivity contribution in [3.63, 3.8) is 0 Å². The number of aryl methyl sites for hydroxylation is 1. The zero-order chi connectivity index (χ0) is 16.4. The standard InChI is InChI=1S/C17H18N4O2/c1-12-3-2-4-14-16(12)19-11-21(17(14)23)10-15(22)20-7-5-13(9-18)6-8-20/h2-4,11,13H,5-8,10H2,1H3. The highest BCUT2D eigenvalue weighted by Crippen LogP contribution is 2.16. The number of nitriles is 1. The maximum atomic E-state index is 12.5. The van der Waals surface area contributed by atoms with Crippen molar-refractivity contribution < 1.29 is 4.79 Å².